The van der Waals surface area contributed by atoms with E-state index in [1.165, 1.54) is 19.3 Å². The predicted molar refractivity (Wildman–Crippen MR) is 88.6 cm³/mol. The zero-order valence-electron chi connectivity index (χ0n) is 14.0. The topological polar surface area (TPSA) is 50.8 Å². The van der Waals surface area contributed by atoms with Crippen LogP contribution in [0.25, 0.3) is 0 Å². The quantitative estimate of drug-likeness (QED) is 0.924. The molecule has 1 aliphatic heterocycles. The monoisotopic (exact) mass is 318 g/mol. The van der Waals surface area contributed by atoms with Crippen LogP contribution in [0.4, 0.5) is 4.79 Å². The molecule has 1 N–H and O–H groups in total. The molecule has 5 heteroatoms. The molecule has 1 aromatic rings. The molecule has 2 unspecified atom stereocenters. The van der Waals surface area contributed by atoms with Gasteiger partial charge in [-0.15, -0.1) is 0 Å². The van der Waals surface area contributed by atoms with Crippen molar-refractivity contribution in [3.63, 3.8) is 0 Å². The molecule has 126 valence electrons. The van der Waals surface area contributed by atoms with Crippen LogP contribution in [0.1, 0.15) is 45.1 Å². The van der Waals surface area contributed by atoms with Gasteiger partial charge < -0.3 is 19.7 Å². The molecule has 2 amide bonds. The van der Waals surface area contributed by atoms with E-state index in [0.29, 0.717) is 25.0 Å². The number of urea groups is 1. The number of ether oxygens (including phenoxy) is 2. The van der Waals surface area contributed by atoms with Gasteiger partial charge in [0.1, 0.15) is 0 Å². The molecule has 1 heterocycles. The lowest BCUT2D eigenvalue weighted by Gasteiger charge is -2.32. The van der Waals surface area contributed by atoms with Gasteiger partial charge in [0.2, 0.25) is 6.79 Å². The number of amides is 2. The highest BCUT2D eigenvalue weighted by Crippen LogP contribution is 2.32. The van der Waals surface area contributed by atoms with Crippen molar-refractivity contribution in [3.05, 3.63) is 23.8 Å². The molecule has 1 saturated carbocycles. The fraction of sp³-hybridized carbons (Fsp3) is 0.611. The summed E-state index contributed by atoms with van der Waals surface area (Å²) >= 11 is 0. The molecule has 23 heavy (non-hydrogen) atoms. The molecule has 1 fully saturated rings. The van der Waals surface area contributed by atoms with Crippen molar-refractivity contribution in [2.24, 2.45) is 5.92 Å². The van der Waals surface area contributed by atoms with Crippen LogP contribution in [0.15, 0.2) is 18.2 Å². The second-order valence-corrected chi connectivity index (χ2v) is 6.52. The highest BCUT2D eigenvalue weighted by atomic mass is 16.7. The second-order valence-electron chi connectivity index (χ2n) is 6.52. The van der Waals surface area contributed by atoms with Gasteiger partial charge in [-0.05, 0) is 43.4 Å². The molecular formula is C18H26N2O3. The number of rotatable bonds is 4. The maximum atomic E-state index is 12.6. The molecule has 0 radical (unpaired) electrons. The first-order chi connectivity index (χ1) is 11.2. The van der Waals surface area contributed by atoms with Gasteiger partial charge in [-0.25, -0.2) is 4.79 Å². The fourth-order valence-electron chi connectivity index (χ4n) is 3.37. The van der Waals surface area contributed by atoms with Crippen LogP contribution in [0.2, 0.25) is 0 Å². The van der Waals surface area contributed by atoms with Gasteiger partial charge in [-0.3, -0.25) is 0 Å². The molecule has 0 spiro atoms. The Morgan fingerprint density at radius 1 is 1.26 bits per heavy atom. The smallest absolute Gasteiger partial charge is 0.317 e. The van der Waals surface area contributed by atoms with Gasteiger partial charge in [0.05, 0.1) is 0 Å². The van der Waals surface area contributed by atoms with Gasteiger partial charge in [0.15, 0.2) is 11.5 Å². The molecule has 2 aliphatic rings. The molecule has 0 bridgehead atoms. The number of carbonyl (C=O) groups excluding carboxylic acids is 1. The summed E-state index contributed by atoms with van der Waals surface area (Å²) in [6.07, 6.45) is 4.79. The summed E-state index contributed by atoms with van der Waals surface area (Å²) in [5, 5.41) is 3.22. The Morgan fingerprint density at radius 2 is 2.04 bits per heavy atom. The molecule has 1 aliphatic carbocycles. The van der Waals surface area contributed by atoms with Gasteiger partial charge >= 0.3 is 6.03 Å². The van der Waals surface area contributed by atoms with Crippen molar-refractivity contribution in [2.45, 2.75) is 52.1 Å². The largest absolute Gasteiger partial charge is 0.454 e. The average Bonchev–Trinajstić information content (AvgIpc) is 3.02. The molecule has 3 rings (SSSR count). The van der Waals surface area contributed by atoms with E-state index in [1.54, 1.807) is 0 Å². The first kappa shape index (κ1) is 16.0. The summed E-state index contributed by atoms with van der Waals surface area (Å²) in [7, 11) is 0. The van der Waals surface area contributed by atoms with Crippen molar-refractivity contribution in [1.82, 2.24) is 10.2 Å². The molecule has 1 aromatic carbocycles. The first-order valence-corrected chi connectivity index (χ1v) is 8.61. The zero-order valence-corrected chi connectivity index (χ0v) is 14.0. The zero-order chi connectivity index (χ0) is 16.2. The summed E-state index contributed by atoms with van der Waals surface area (Å²) in [5.74, 6) is 2.11. The fourth-order valence-corrected chi connectivity index (χ4v) is 3.37. The van der Waals surface area contributed by atoms with Crippen LogP contribution in [0, 0.1) is 5.92 Å². The molecule has 0 aromatic heterocycles. The van der Waals surface area contributed by atoms with E-state index in [4.69, 9.17) is 9.47 Å². The highest BCUT2D eigenvalue weighted by molar-refractivity contribution is 5.74. The van der Waals surface area contributed by atoms with E-state index in [1.807, 2.05) is 30.0 Å². The van der Waals surface area contributed by atoms with Gasteiger partial charge in [0.25, 0.3) is 0 Å². The Labute approximate surface area is 137 Å². The standard InChI is InChI=1S/C18H26N2O3/c1-3-20(18(21)19-15-7-5-4-6-13(15)2)11-14-8-9-16-17(10-14)23-12-22-16/h8-10,13,15H,3-7,11-12H2,1-2H3,(H,19,21). The lowest BCUT2D eigenvalue weighted by atomic mass is 9.86. The number of nitrogens with zero attached hydrogens (tertiary/aromatic N) is 1. The number of carbonyl (C=O) groups is 1. The van der Waals surface area contributed by atoms with Crippen molar-refractivity contribution in [2.75, 3.05) is 13.3 Å². The summed E-state index contributed by atoms with van der Waals surface area (Å²) < 4.78 is 10.7. The lowest BCUT2D eigenvalue weighted by molar-refractivity contribution is 0.173. The number of benzene rings is 1. The van der Waals surface area contributed by atoms with Crippen LogP contribution >= 0.6 is 0 Å². The summed E-state index contributed by atoms with van der Waals surface area (Å²) in [5.41, 5.74) is 1.06. The first-order valence-electron chi connectivity index (χ1n) is 8.61. The van der Waals surface area contributed by atoms with Gasteiger partial charge in [0, 0.05) is 19.1 Å². The Hall–Kier alpha value is -1.91. The number of nitrogens with one attached hydrogen (secondary N) is 1. The molecule has 2 atom stereocenters. The van der Waals surface area contributed by atoms with Crippen molar-refractivity contribution >= 4 is 6.03 Å². The van der Waals surface area contributed by atoms with E-state index in [0.717, 1.165) is 23.5 Å². The van der Waals surface area contributed by atoms with Crippen molar-refractivity contribution in [3.8, 4) is 11.5 Å². The van der Waals surface area contributed by atoms with E-state index in [-0.39, 0.29) is 12.8 Å². The Bertz CT molecular complexity index is 561. The molecule has 5 nitrogen and oxygen atoms in total. The van der Waals surface area contributed by atoms with Crippen molar-refractivity contribution < 1.29 is 14.3 Å². The third-order valence-corrected chi connectivity index (χ3v) is 4.90. The Balaban J connectivity index is 1.61. The van der Waals surface area contributed by atoms with Crippen LogP contribution < -0.4 is 14.8 Å². The molecule has 0 saturated heterocycles. The van der Waals surface area contributed by atoms with E-state index >= 15 is 0 Å². The minimum Gasteiger partial charge on any atom is -0.454 e. The minimum absolute atomic E-state index is 0.0314. The van der Waals surface area contributed by atoms with Gasteiger partial charge in [-0.1, -0.05) is 25.8 Å². The summed E-state index contributed by atoms with van der Waals surface area (Å²) in [4.78, 5) is 14.4. The number of hydrogen-bond donors (Lipinski definition) is 1. The van der Waals surface area contributed by atoms with E-state index in [9.17, 15) is 4.79 Å². The van der Waals surface area contributed by atoms with Gasteiger partial charge in [-0.2, -0.15) is 0 Å². The summed E-state index contributed by atoms with van der Waals surface area (Å²) in [6.45, 7) is 5.78. The molecular weight excluding hydrogens is 292 g/mol. The predicted octanol–water partition coefficient (Wildman–Crippen LogP) is 3.53. The third-order valence-electron chi connectivity index (χ3n) is 4.90. The number of fused-ring (bicyclic) bond motifs is 1. The Kier molecular flexibility index (Phi) is 4.94. The number of hydrogen-bond acceptors (Lipinski definition) is 3. The second kappa shape index (κ2) is 7.11. The minimum atomic E-state index is 0.0314. The van der Waals surface area contributed by atoms with Crippen LogP contribution in [0.3, 0.4) is 0 Å². The van der Waals surface area contributed by atoms with E-state index < -0.39 is 0 Å². The average molecular weight is 318 g/mol. The maximum Gasteiger partial charge on any atom is 0.317 e. The summed E-state index contributed by atoms with van der Waals surface area (Å²) in [6, 6.07) is 6.20. The van der Waals surface area contributed by atoms with Crippen LogP contribution in [-0.2, 0) is 6.54 Å². The van der Waals surface area contributed by atoms with Crippen molar-refractivity contribution in [1.29, 1.82) is 0 Å². The SMILES string of the molecule is CCN(Cc1ccc2c(c1)OCO2)C(=O)NC1CCCCC1C. The highest BCUT2D eigenvalue weighted by Gasteiger charge is 2.25. The van der Waals surface area contributed by atoms with Crippen LogP contribution in [0.5, 0.6) is 11.5 Å². The lowest BCUT2D eigenvalue weighted by Crippen LogP contribution is -2.47. The van der Waals surface area contributed by atoms with E-state index in [2.05, 4.69) is 12.2 Å². The normalized spacial score (nSPS) is 22.7. The van der Waals surface area contributed by atoms with Crippen LogP contribution in [-0.4, -0.2) is 30.3 Å². The maximum absolute atomic E-state index is 12.6. The Morgan fingerprint density at radius 3 is 2.83 bits per heavy atom. The third kappa shape index (κ3) is 3.71.